The van der Waals surface area contributed by atoms with Gasteiger partial charge in [-0.05, 0) is 11.1 Å². The van der Waals surface area contributed by atoms with Crippen LogP contribution in [0, 0.1) is 0 Å². The summed E-state index contributed by atoms with van der Waals surface area (Å²) in [6.45, 7) is 0.278. The molecule has 0 unspecified atom stereocenters. The largest absolute Gasteiger partial charge is 0.328 e. The standard InChI is InChI=1S/C18H16N2O2/c21-17-12-16(11-14-7-3-1-4-8-14)19-18(22)20(17)13-15-9-5-2-6-10-15/h1-10,12H,11,13H2,(H,19,22). The van der Waals surface area contributed by atoms with Crippen molar-refractivity contribution in [2.45, 2.75) is 13.0 Å². The molecule has 0 fully saturated rings. The number of nitrogens with one attached hydrogen (secondary N) is 1. The summed E-state index contributed by atoms with van der Waals surface area (Å²) in [4.78, 5) is 27.2. The predicted octanol–water partition coefficient (Wildman–Crippen LogP) is 2.18. The maximum Gasteiger partial charge on any atom is 0.328 e. The van der Waals surface area contributed by atoms with Crippen LogP contribution in [0.15, 0.2) is 76.3 Å². The highest BCUT2D eigenvalue weighted by atomic mass is 16.2. The van der Waals surface area contributed by atoms with Gasteiger partial charge in [0.25, 0.3) is 5.56 Å². The van der Waals surface area contributed by atoms with E-state index in [0.717, 1.165) is 11.1 Å². The molecule has 1 heterocycles. The highest BCUT2D eigenvalue weighted by Crippen LogP contribution is 2.04. The van der Waals surface area contributed by atoms with Crippen molar-refractivity contribution in [2.24, 2.45) is 0 Å². The van der Waals surface area contributed by atoms with Crippen LogP contribution in [0.2, 0.25) is 0 Å². The van der Waals surface area contributed by atoms with Gasteiger partial charge in [0, 0.05) is 18.2 Å². The molecule has 0 amide bonds. The number of aromatic amines is 1. The Bertz CT molecular complexity index is 834. The van der Waals surface area contributed by atoms with Gasteiger partial charge in [-0.25, -0.2) is 4.79 Å². The Hall–Kier alpha value is -2.88. The number of benzene rings is 2. The lowest BCUT2D eigenvalue weighted by molar-refractivity contribution is 0.689. The summed E-state index contributed by atoms with van der Waals surface area (Å²) in [6, 6.07) is 20.7. The van der Waals surface area contributed by atoms with Crippen molar-refractivity contribution < 1.29 is 0 Å². The first kappa shape index (κ1) is 14.1. The van der Waals surface area contributed by atoms with Gasteiger partial charge < -0.3 is 4.98 Å². The molecular weight excluding hydrogens is 276 g/mol. The van der Waals surface area contributed by atoms with Crippen LogP contribution in [0.5, 0.6) is 0 Å². The maximum atomic E-state index is 12.2. The molecule has 3 rings (SSSR count). The number of hydrogen-bond donors (Lipinski definition) is 1. The Kier molecular flexibility index (Phi) is 4.01. The fourth-order valence-electron chi connectivity index (χ4n) is 2.39. The monoisotopic (exact) mass is 292 g/mol. The van der Waals surface area contributed by atoms with Crippen molar-refractivity contribution in [2.75, 3.05) is 0 Å². The summed E-state index contributed by atoms with van der Waals surface area (Å²) in [5, 5.41) is 0. The fraction of sp³-hybridized carbons (Fsp3) is 0.111. The molecule has 110 valence electrons. The van der Waals surface area contributed by atoms with Crippen molar-refractivity contribution >= 4 is 0 Å². The number of rotatable bonds is 4. The molecule has 1 N–H and O–H groups in total. The second-order valence-electron chi connectivity index (χ2n) is 5.17. The lowest BCUT2D eigenvalue weighted by Gasteiger charge is -2.07. The molecule has 1 aromatic heterocycles. The molecule has 0 saturated heterocycles. The minimum atomic E-state index is -0.373. The molecule has 0 spiro atoms. The van der Waals surface area contributed by atoms with Gasteiger partial charge in [-0.3, -0.25) is 9.36 Å². The van der Waals surface area contributed by atoms with Gasteiger partial charge in [0.2, 0.25) is 0 Å². The Labute approximate surface area is 127 Å². The Morgan fingerprint density at radius 1 is 0.818 bits per heavy atom. The predicted molar refractivity (Wildman–Crippen MR) is 86.1 cm³/mol. The second kappa shape index (κ2) is 6.26. The zero-order chi connectivity index (χ0) is 15.4. The first-order valence-electron chi connectivity index (χ1n) is 7.13. The minimum absolute atomic E-state index is 0.278. The quantitative estimate of drug-likeness (QED) is 0.801. The molecule has 0 saturated carbocycles. The second-order valence-corrected chi connectivity index (χ2v) is 5.17. The highest BCUT2D eigenvalue weighted by molar-refractivity contribution is 5.21. The maximum absolute atomic E-state index is 12.2. The van der Waals surface area contributed by atoms with E-state index in [1.165, 1.54) is 10.6 Å². The first-order valence-corrected chi connectivity index (χ1v) is 7.13. The molecule has 2 aromatic carbocycles. The number of H-pyrrole nitrogens is 1. The lowest BCUT2D eigenvalue weighted by Crippen LogP contribution is -2.35. The van der Waals surface area contributed by atoms with Crippen LogP contribution >= 0.6 is 0 Å². The number of aromatic nitrogens is 2. The average Bonchev–Trinajstić information content (AvgIpc) is 2.53. The van der Waals surface area contributed by atoms with Gasteiger partial charge in [0.1, 0.15) is 0 Å². The van der Waals surface area contributed by atoms with Crippen molar-refractivity contribution in [3.05, 3.63) is 104 Å². The third-order valence-corrected chi connectivity index (χ3v) is 3.50. The summed E-state index contributed by atoms with van der Waals surface area (Å²) in [5.74, 6) is 0. The molecule has 22 heavy (non-hydrogen) atoms. The smallest absolute Gasteiger partial charge is 0.311 e. The van der Waals surface area contributed by atoms with Gasteiger partial charge in [-0.15, -0.1) is 0 Å². The van der Waals surface area contributed by atoms with E-state index in [9.17, 15) is 9.59 Å². The van der Waals surface area contributed by atoms with Gasteiger partial charge in [0.05, 0.1) is 6.54 Å². The van der Waals surface area contributed by atoms with E-state index in [1.807, 2.05) is 60.7 Å². The fourth-order valence-corrected chi connectivity index (χ4v) is 2.39. The van der Waals surface area contributed by atoms with E-state index in [-0.39, 0.29) is 17.8 Å². The van der Waals surface area contributed by atoms with Crippen LogP contribution in [-0.4, -0.2) is 9.55 Å². The van der Waals surface area contributed by atoms with Gasteiger partial charge in [0.15, 0.2) is 0 Å². The lowest BCUT2D eigenvalue weighted by atomic mass is 10.1. The number of nitrogens with zero attached hydrogens (tertiary/aromatic N) is 1. The van der Waals surface area contributed by atoms with Crippen LogP contribution in [0.4, 0.5) is 0 Å². The minimum Gasteiger partial charge on any atom is -0.311 e. The molecule has 0 radical (unpaired) electrons. The molecular formula is C18H16N2O2. The van der Waals surface area contributed by atoms with Crippen LogP contribution in [0.25, 0.3) is 0 Å². The normalized spacial score (nSPS) is 10.5. The van der Waals surface area contributed by atoms with Gasteiger partial charge >= 0.3 is 5.69 Å². The SMILES string of the molecule is O=c1cc(Cc2ccccc2)[nH]c(=O)n1Cc1ccccc1. The number of hydrogen-bond acceptors (Lipinski definition) is 2. The van der Waals surface area contributed by atoms with E-state index in [2.05, 4.69) is 4.98 Å². The zero-order valence-electron chi connectivity index (χ0n) is 12.0. The van der Waals surface area contributed by atoms with E-state index < -0.39 is 0 Å². The molecule has 0 atom stereocenters. The van der Waals surface area contributed by atoms with Crippen LogP contribution in [-0.2, 0) is 13.0 Å². The highest BCUT2D eigenvalue weighted by Gasteiger charge is 2.06. The van der Waals surface area contributed by atoms with E-state index in [4.69, 9.17) is 0 Å². The van der Waals surface area contributed by atoms with Crippen LogP contribution < -0.4 is 11.2 Å². The van der Waals surface area contributed by atoms with Gasteiger partial charge in [-0.1, -0.05) is 60.7 Å². The summed E-state index contributed by atoms with van der Waals surface area (Å²) < 4.78 is 1.21. The Morgan fingerprint density at radius 3 is 2.00 bits per heavy atom. The Balaban J connectivity index is 1.89. The topological polar surface area (TPSA) is 54.9 Å². The van der Waals surface area contributed by atoms with E-state index in [1.54, 1.807) is 0 Å². The Morgan fingerprint density at radius 2 is 1.41 bits per heavy atom. The average molecular weight is 292 g/mol. The van der Waals surface area contributed by atoms with Crippen LogP contribution in [0.3, 0.4) is 0 Å². The van der Waals surface area contributed by atoms with E-state index in [0.29, 0.717) is 12.1 Å². The summed E-state index contributed by atoms with van der Waals surface area (Å²) >= 11 is 0. The zero-order valence-corrected chi connectivity index (χ0v) is 12.0. The van der Waals surface area contributed by atoms with Crippen LogP contribution in [0.1, 0.15) is 16.8 Å². The van der Waals surface area contributed by atoms with Crippen molar-refractivity contribution in [3.63, 3.8) is 0 Å². The van der Waals surface area contributed by atoms with Gasteiger partial charge in [-0.2, -0.15) is 0 Å². The third-order valence-electron chi connectivity index (χ3n) is 3.50. The molecule has 3 aromatic rings. The molecule has 0 aliphatic rings. The summed E-state index contributed by atoms with van der Waals surface area (Å²) in [5.41, 5.74) is 1.95. The summed E-state index contributed by atoms with van der Waals surface area (Å²) in [7, 11) is 0. The summed E-state index contributed by atoms with van der Waals surface area (Å²) in [6.07, 6.45) is 0.539. The molecule has 4 heteroatoms. The first-order chi connectivity index (χ1) is 10.7. The third kappa shape index (κ3) is 3.23. The molecule has 0 bridgehead atoms. The molecule has 0 aliphatic carbocycles. The van der Waals surface area contributed by atoms with E-state index >= 15 is 0 Å². The van der Waals surface area contributed by atoms with Crippen molar-refractivity contribution in [1.29, 1.82) is 0 Å². The molecule has 4 nitrogen and oxygen atoms in total. The molecule has 0 aliphatic heterocycles. The van der Waals surface area contributed by atoms with Crippen molar-refractivity contribution in [1.82, 2.24) is 9.55 Å². The van der Waals surface area contributed by atoms with Crippen molar-refractivity contribution in [3.8, 4) is 0 Å².